The molecule has 1 rings (SSSR count). The average Bonchev–Trinajstić information content (AvgIpc) is 2.29. The van der Waals surface area contributed by atoms with E-state index in [0.29, 0.717) is 5.75 Å². The minimum Gasteiger partial charge on any atom is -0.343 e. The maximum absolute atomic E-state index is 11.7. The smallest absolute Gasteiger partial charge is 0.232 e. The van der Waals surface area contributed by atoms with Gasteiger partial charge in [-0.05, 0) is 26.0 Å². The minimum absolute atomic E-state index is 0.217. The van der Waals surface area contributed by atoms with Crippen LogP contribution in [-0.2, 0) is 4.79 Å². The number of carbonyl (C=O) groups excluding carboxylic acids is 1. The molecule has 82 valence electrons. The number of carbonyl (C=O) groups is 1. The van der Waals surface area contributed by atoms with Gasteiger partial charge in [0, 0.05) is 18.0 Å². The predicted octanol–water partition coefficient (Wildman–Crippen LogP) is 2.65. The highest BCUT2D eigenvalue weighted by atomic mass is 32.2. The molecule has 0 bridgehead atoms. The van der Waals surface area contributed by atoms with Gasteiger partial charge in [-0.1, -0.05) is 18.2 Å². The molecule has 1 aromatic rings. The molecule has 15 heavy (non-hydrogen) atoms. The van der Waals surface area contributed by atoms with E-state index in [9.17, 15) is 4.79 Å². The first-order valence-corrected chi connectivity index (χ1v) is 6.22. The van der Waals surface area contributed by atoms with Crippen molar-refractivity contribution >= 4 is 17.7 Å². The molecule has 0 N–H and O–H groups in total. The molecule has 3 heteroatoms. The highest BCUT2D eigenvalue weighted by molar-refractivity contribution is 8.00. The fourth-order valence-corrected chi connectivity index (χ4v) is 2.15. The average molecular weight is 223 g/mol. The van der Waals surface area contributed by atoms with Gasteiger partial charge in [0.25, 0.3) is 0 Å². The van der Waals surface area contributed by atoms with E-state index in [1.54, 1.807) is 11.8 Å². The van der Waals surface area contributed by atoms with Crippen molar-refractivity contribution in [2.24, 2.45) is 0 Å². The van der Waals surface area contributed by atoms with Crippen LogP contribution in [0.2, 0.25) is 0 Å². The molecule has 0 heterocycles. The standard InChI is InChI=1S/C12H17NOS/c1-3-13(4-2)12(14)10-15-11-8-6-5-7-9-11/h5-9H,3-4,10H2,1-2H3. The number of hydrogen-bond acceptors (Lipinski definition) is 2. The van der Waals surface area contributed by atoms with Crippen LogP contribution in [0.5, 0.6) is 0 Å². The van der Waals surface area contributed by atoms with E-state index in [0.717, 1.165) is 18.0 Å². The van der Waals surface area contributed by atoms with Gasteiger partial charge < -0.3 is 4.90 Å². The lowest BCUT2D eigenvalue weighted by Gasteiger charge is -2.18. The molecule has 0 aliphatic heterocycles. The van der Waals surface area contributed by atoms with E-state index in [2.05, 4.69) is 0 Å². The third kappa shape index (κ3) is 3.96. The Bertz CT molecular complexity index is 296. The largest absolute Gasteiger partial charge is 0.343 e. The molecular weight excluding hydrogens is 206 g/mol. The normalized spacial score (nSPS) is 10.0. The molecule has 0 atom stereocenters. The van der Waals surface area contributed by atoms with Crippen LogP contribution in [0.15, 0.2) is 35.2 Å². The van der Waals surface area contributed by atoms with Crippen molar-refractivity contribution in [1.82, 2.24) is 4.90 Å². The summed E-state index contributed by atoms with van der Waals surface area (Å²) in [5, 5.41) is 0. The predicted molar refractivity (Wildman–Crippen MR) is 65.1 cm³/mol. The summed E-state index contributed by atoms with van der Waals surface area (Å²) in [6, 6.07) is 10.0. The fraction of sp³-hybridized carbons (Fsp3) is 0.417. The van der Waals surface area contributed by atoms with Crippen molar-refractivity contribution in [3.05, 3.63) is 30.3 Å². The zero-order chi connectivity index (χ0) is 11.1. The van der Waals surface area contributed by atoms with Gasteiger partial charge in [-0.2, -0.15) is 0 Å². The lowest BCUT2D eigenvalue weighted by atomic mass is 10.4. The van der Waals surface area contributed by atoms with Crippen LogP contribution in [0.3, 0.4) is 0 Å². The molecule has 1 amide bonds. The van der Waals surface area contributed by atoms with Gasteiger partial charge in [-0.3, -0.25) is 4.79 Å². The molecule has 0 aliphatic carbocycles. The van der Waals surface area contributed by atoms with Gasteiger partial charge in [-0.25, -0.2) is 0 Å². The first-order chi connectivity index (χ1) is 7.27. The molecule has 2 nitrogen and oxygen atoms in total. The first kappa shape index (κ1) is 12.1. The van der Waals surface area contributed by atoms with Crippen molar-refractivity contribution in [1.29, 1.82) is 0 Å². The second-order valence-electron chi connectivity index (χ2n) is 3.17. The maximum atomic E-state index is 11.7. The van der Waals surface area contributed by atoms with Gasteiger partial charge in [0.05, 0.1) is 5.75 Å². The van der Waals surface area contributed by atoms with Gasteiger partial charge in [0.15, 0.2) is 0 Å². The highest BCUT2D eigenvalue weighted by Crippen LogP contribution is 2.17. The first-order valence-electron chi connectivity index (χ1n) is 5.23. The zero-order valence-corrected chi connectivity index (χ0v) is 10.1. The van der Waals surface area contributed by atoms with E-state index >= 15 is 0 Å². The lowest BCUT2D eigenvalue weighted by molar-refractivity contribution is -0.127. The Morgan fingerprint density at radius 1 is 1.20 bits per heavy atom. The quantitative estimate of drug-likeness (QED) is 0.715. The monoisotopic (exact) mass is 223 g/mol. The van der Waals surface area contributed by atoms with Crippen LogP contribution in [0.25, 0.3) is 0 Å². The molecule has 0 aromatic heterocycles. The minimum atomic E-state index is 0.217. The van der Waals surface area contributed by atoms with Gasteiger partial charge >= 0.3 is 0 Å². The SMILES string of the molecule is CCN(CC)C(=O)CSc1ccccc1. The third-order valence-corrected chi connectivity index (χ3v) is 3.22. The Morgan fingerprint density at radius 3 is 2.33 bits per heavy atom. The molecule has 0 spiro atoms. The second-order valence-corrected chi connectivity index (χ2v) is 4.22. The molecule has 0 saturated carbocycles. The van der Waals surface area contributed by atoms with Crippen molar-refractivity contribution in [2.75, 3.05) is 18.8 Å². The summed E-state index contributed by atoms with van der Waals surface area (Å²) in [6.45, 7) is 5.61. The molecule has 0 saturated heterocycles. The van der Waals surface area contributed by atoms with Crippen LogP contribution in [0.1, 0.15) is 13.8 Å². The summed E-state index contributed by atoms with van der Waals surface area (Å²) >= 11 is 1.60. The molecule has 0 aliphatic rings. The summed E-state index contributed by atoms with van der Waals surface area (Å²) in [4.78, 5) is 14.7. The Labute approximate surface area is 95.7 Å². The Kier molecular flexibility index (Phi) is 5.26. The van der Waals surface area contributed by atoms with Crippen molar-refractivity contribution in [3.63, 3.8) is 0 Å². The molecule has 0 unspecified atom stereocenters. The van der Waals surface area contributed by atoms with Crippen LogP contribution < -0.4 is 0 Å². The third-order valence-electron chi connectivity index (χ3n) is 2.22. The number of thioether (sulfide) groups is 1. The molecule has 1 aromatic carbocycles. The van der Waals surface area contributed by atoms with Crippen LogP contribution in [-0.4, -0.2) is 29.6 Å². The van der Waals surface area contributed by atoms with Crippen molar-refractivity contribution in [2.45, 2.75) is 18.7 Å². The van der Waals surface area contributed by atoms with Gasteiger partial charge in [-0.15, -0.1) is 11.8 Å². The summed E-state index contributed by atoms with van der Waals surface area (Å²) < 4.78 is 0. The summed E-state index contributed by atoms with van der Waals surface area (Å²) in [5.74, 6) is 0.750. The summed E-state index contributed by atoms with van der Waals surface area (Å²) in [6.07, 6.45) is 0. The van der Waals surface area contributed by atoms with Crippen LogP contribution in [0, 0.1) is 0 Å². The second kappa shape index (κ2) is 6.51. The van der Waals surface area contributed by atoms with E-state index < -0.39 is 0 Å². The van der Waals surface area contributed by atoms with Crippen LogP contribution >= 0.6 is 11.8 Å². The van der Waals surface area contributed by atoms with Crippen LogP contribution in [0.4, 0.5) is 0 Å². The van der Waals surface area contributed by atoms with E-state index in [1.807, 2.05) is 49.1 Å². The maximum Gasteiger partial charge on any atom is 0.232 e. The Hall–Kier alpha value is -0.960. The summed E-state index contributed by atoms with van der Waals surface area (Å²) in [7, 11) is 0. The number of rotatable bonds is 5. The van der Waals surface area contributed by atoms with Gasteiger partial charge in [0.1, 0.15) is 0 Å². The van der Waals surface area contributed by atoms with Gasteiger partial charge in [0.2, 0.25) is 5.91 Å². The molecule has 0 fully saturated rings. The molecular formula is C12H17NOS. The lowest BCUT2D eigenvalue weighted by Crippen LogP contribution is -2.31. The summed E-state index contributed by atoms with van der Waals surface area (Å²) in [5.41, 5.74) is 0. The topological polar surface area (TPSA) is 20.3 Å². The Balaban J connectivity index is 2.40. The van der Waals surface area contributed by atoms with E-state index in [1.165, 1.54) is 0 Å². The number of nitrogens with zero attached hydrogens (tertiary/aromatic N) is 1. The highest BCUT2D eigenvalue weighted by Gasteiger charge is 2.09. The Morgan fingerprint density at radius 2 is 1.80 bits per heavy atom. The number of benzene rings is 1. The van der Waals surface area contributed by atoms with E-state index in [-0.39, 0.29) is 5.91 Å². The zero-order valence-electron chi connectivity index (χ0n) is 9.27. The molecule has 0 radical (unpaired) electrons. The van der Waals surface area contributed by atoms with Crippen molar-refractivity contribution in [3.8, 4) is 0 Å². The fourth-order valence-electron chi connectivity index (χ4n) is 1.33. The number of amides is 1. The number of hydrogen-bond donors (Lipinski definition) is 0. The van der Waals surface area contributed by atoms with E-state index in [4.69, 9.17) is 0 Å². The van der Waals surface area contributed by atoms with Crippen molar-refractivity contribution < 1.29 is 4.79 Å².